The van der Waals surface area contributed by atoms with E-state index in [1.807, 2.05) is 12.1 Å². The topological polar surface area (TPSA) is 34.4 Å². The van der Waals surface area contributed by atoms with Gasteiger partial charge in [0.25, 0.3) is 0 Å². The van der Waals surface area contributed by atoms with Crippen LogP contribution in [0.15, 0.2) is 42.5 Å². The molecule has 0 atom stereocenters. The Morgan fingerprint density at radius 2 is 1.95 bits per heavy atom. The lowest BCUT2D eigenvalue weighted by molar-refractivity contribution is 0.111. The molecular formula is C16H8ClFN2OS. The van der Waals surface area contributed by atoms with E-state index in [1.165, 1.54) is 23.5 Å². The number of carbonyl (C=O) groups is 1. The average molecular weight is 331 g/mol. The summed E-state index contributed by atoms with van der Waals surface area (Å²) >= 11 is 7.25. The Morgan fingerprint density at radius 1 is 1.18 bits per heavy atom. The molecule has 0 spiro atoms. The molecule has 0 N–H and O–H groups in total. The zero-order valence-electron chi connectivity index (χ0n) is 11.1. The lowest BCUT2D eigenvalue weighted by Gasteiger charge is -2.00. The number of aldehydes is 1. The summed E-state index contributed by atoms with van der Waals surface area (Å²) in [6.45, 7) is 0. The van der Waals surface area contributed by atoms with E-state index in [9.17, 15) is 9.18 Å². The van der Waals surface area contributed by atoms with Crippen LogP contribution in [0.25, 0.3) is 26.4 Å². The number of halogens is 2. The maximum atomic E-state index is 13.3. The Bertz CT molecular complexity index is 1020. The van der Waals surface area contributed by atoms with Gasteiger partial charge in [0.15, 0.2) is 11.2 Å². The van der Waals surface area contributed by atoms with Gasteiger partial charge in [0, 0.05) is 10.6 Å². The van der Waals surface area contributed by atoms with Gasteiger partial charge in [0.1, 0.15) is 17.2 Å². The summed E-state index contributed by atoms with van der Waals surface area (Å²) in [5.41, 5.74) is 2.65. The van der Waals surface area contributed by atoms with Crippen molar-refractivity contribution < 1.29 is 9.18 Å². The van der Waals surface area contributed by atoms with Gasteiger partial charge in [-0.1, -0.05) is 35.1 Å². The molecule has 2 aromatic carbocycles. The molecule has 108 valence electrons. The third-order valence-corrected chi connectivity index (χ3v) is 4.73. The highest BCUT2D eigenvalue weighted by Gasteiger charge is 2.17. The van der Waals surface area contributed by atoms with E-state index in [-0.39, 0.29) is 5.82 Å². The third kappa shape index (κ3) is 1.94. The molecule has 0 aliphatic heterocycles. The van der Waals surface area contributed by atoms with Crippen LogP contribution >= 0.6 is 22.9 Å². The molecule has 22 heavy (non-hydrogen) atoms. The normalized spacial score (nSPS) is 11.4. The number of aromatic nitrogens is 2. The van der Waals surface area contributed by atoms with Crippen molar-refractivity contribution in [2.24, 2.45) is 0 Å². The molecule has 0 saturated carbocycles. The van der Waals surface area contributed by atoms with Crippen LogP contribution in [0.5, 0.6) is 0 Å². The Balaban J connectivity index is 2.04. The fourth-order valence-electron chi connectivity index (χ4n) is 2.49. The highest BCUT2D eigenvalue weighted by molar-refractivity contribution is 7.23. The summed E-state index contributed by atoms with van der Waals surface area (Å²) in [6.07, 6.45) is 0.777. The van der Waals surface area contributed by atoms with Crippen LogP contribution in [0.2, 0.25) is 5.02 Å². The maximum Gasteiger partial charge on any atom is 0.195 e. The van der Waals surface area contributed by atoms with Crippen molar-refractivity contribution in [2.75, 3.05) is 0 Å². The fourth-order valence-corrected chi connectivity index (χ4v) is 3.68. The minimum absolute atomic E-state index is 0.303. The van der Waals surface area contributed by atoms with Gasteiger partial charge in [-0.05, 0) is 30.3 Å². The van der Waals surface area contributed by atoms with Crippen molar-refractivity contribution in [1.29, 1.82) is 0 Å². The summed E-state index contributed by atoms with van der Waals surface area (Å²) < 4.78 is 15.8. The number of hydrogen-bond donors (Lipinski definition) is 0. The summed E-state index contributed by atoms with van der Waals surface area (Å²) in [5.74, 6) is -0.303. The lowest BCUT2D eigenvalue weighted by Crippen LogP contribution is -1.91. The molecule has 0 radical (unpaired) electrons. The van der Waals surface area contributed by atoms with Gasteiger partial charge in [-0.25, -0.2) is 9.37 Å². The maximum absolute atomic E-state index is 13.3. The van der Waals surface area contributed by atoms with E-state index < -0.39 is 0 Å². The molecule has 0 saturated heterocycles. The van der Waals surface area contributed by atoms with Crippen molar-refractivity contribution >= 4 is 44.4 Å². The van der Waals surface area contributed by atoms with Crippen LogP contribution in [-0.4, -0.2) is 15.7 Å². The first-order valence-electron chi connectivity index (χ1n) is 6.49. The number of carbonyl (C=O) groups excluding carboxylic acids is 1. The van der Waals surface area contributed by atoms with Gasteiger partial charge in [0.05, 0.1) is 10.2 Å². The molecule has 2 heterocycles. The van der Waals surface area contributed by atoms with Crippen molar-refractivity contribution in [1.82, 2.24) is 9.38 Å². The van der Waals surface area contributed by atoms with Gasteiger partial charge in [-0.15, -0.1) is 0 Å². The molecule has 4 rings (SSSR count). The minimum atomic E-state index is -0.303. The average Bonchev–Trinajstić information content (AvgIpc) is 3.02. The second kappa shape index (κ2) is 4.90. The van der Waals surface area contributed by atoms with Gasteiger partial charge < -0.3 is 0 Å². The van der Waals surface area contributed by atoms with Gasteiger partial charge >= 0.3 is 0 Å². The fraction of sp³-hybridized carbons (Fsp3) is 0. The molecule has 0 aliphatic rings. The lowest BCUT2D eigenvalue weighted by atomic mass is 10.1. The second-order valence-corrected chi connectivity index (χ2v) is 6.25. The molecule has 0 fully saturated rings. The van der Waals surface area contributed by atoms with E-state index in [1.54, 1.807) is 22.6 Å². The second-order valence-electron chi connectivity index (χ2n) is 4.80. The monoisotopic (exact) mass is 330 g/mol. The Labute approximate surface area is 133 Å². The molecule has 0 amide bonds. The van der Waals surface area contributed by atoms with Crippen molar-refractivity contribution in [3.05, 3.63) is 59.0 Å². The standard InChI is InChI=1S/C16H8ClFN2OS/c17-10-3-1-9(2-4-10)15-13(8-21)20-12-6-5-11(18)7-14(12)22-16(20)19-15/h1-8H. The van der Waals surface area contributed by atoms with Crippen LogP contribution in [-0.2, 0) is 0 Å². The quantitative estimate of drug-likeness (QED) is 0.494. The SMILES string of the molecule is O=Cc1c(-c2ccc(Cl)cc2)nc2sc3cc(F)ccc3n12. The Kier molecular flexibility index (Phi) is 2.99. The summed E-state index contributed by atoms with van der Waals surface area (Å²) in [6, 6.07) is 11.6. The molecule has 4 aromatic rings. The molecule has 0 aliphatic carbocycles. The highest BCUT2D eigenvalue weighted by atomic mass is 35.5. The summed E-state index contributed by atoms with van der Waals surface area (Å²) in [7, 11) is 0. The highest BCUT2D eigenvalue weighted by Crippen LogP contribution is 2.32. The predicted octanol–water partition coefficient (Wildman–Crippen LogP) is 4.82. The first kappa shape index (κ1) is 13.4. The summed E-state index contributed by atoms with van der Waals surface area (Å²) in [5, 5.41) is 0.623. The first-order valence-corrected chi connectivity index (χ1v) is 7.68. The molecule has 0 unspecified atom stereocenters. The number of fused-ring (bicyclic) bond motifs is 3. The Morgan fingerprint density at radius 3 is 2.68 bits per heavy atom. The smallest absolute Gasteiger partial charge is 0.195 e. The Hall–Kier alpha value is -2.24. The number of rotatable bonds is 2. The zero-order chi connectivity index (χ0) is 15.3. The number of benzene rings is 2. The third-order valence-electron chi connectivity index (χ3n) is 3.48. The summed E-state index contributed by atoms with van der Waals surface area (Å²) in [4.78, 5) is 16.8. The van der Waals surface area contributed by atoms with Gasteiger partial charge in [-0.3, -0.25) is 9.20 Å². The van der Waals surface area contributed by atoms with Crippen molar-refractivity contribution in [3.63, 3.8) is 0 Å². The molecule has 3 nitrogen and oxygen atoms in total. The van der Waals surface area contributed by atoms with Crippen LogP contribution in [0.1, 0.15) is 10.5 Å². The van der Waals surface area contributed by atoms with E-state index in [4.69, 9.17) is 11.6 Å². The zero-order valence-corrected chi connectivity index (χ0v) is 12.7. The van der Waals surface area contributed by atoms with Gasteiger partial charge in [-0.2, -0.15) is 0 Å². The van der Waals surface area contributed by atoms with Crippen LogP contribution in [0, 0.1) is 5.82 Å². The molecule has 2 aromatic heterocycles. The van der Waals surface area contributed by atoms with Crippen LogP contribution in [0.3, 0.4) is 0 Å². The number of imidazole rings is 1. The van der Waals surface area contributed by atoms with Crippen molar-refractivity contribution in [2.45, 2.75) is 0 Å². The van der Waals surface area contributed by atoms with E-state index in [0.717, 1.165) is 22.1 Å². The number of hydrogen-bond acceptors (Lipinski definition) is 3. The molecule has 0 bridgehead atoms. The predicted molar refractivity (Wildman–Crippen MR) is 86.4 cm³/mol. The van der Waals surface area contributed by atoms with Crippen molar-refractivity contribution in [3.8, 4) is 11.3 Å². The van der Waals surface area contributed by atoms with E-state index in [0.29, 0.717) is 21.4 Å². The minimum Gasteiger partial charge on any atom is -0.296 e. The molecular weight excluding hydrogens is 323 g/mol. The van der Waals surface area contributed by atoms with Crippen LogP contribution in [0.4, 0.5) is 4.39 Å². The number of thiazole rings is 1. The first-order chi connectivity index (χ1) is 10.7. The van der Waals surface area contributed by atoms with Gasteiger partial charge in [0.2, 0.25) is 0 Å². The molecule has 6 heteroatoms. The largest absolute Gasteiger partial charge is 0.296 e. The van der Waals surface area contributed by atoms with E-state index in [2.05, 4.69) is 4.98 Å². The number of nitrogens with zero attached hydrogens (tertiary/aromatic N) is 2. The van der Waals surface area contributed by atoms with E-state index >= 15 is 0 Å². The van der Waals surface area contributed by atoms with Crippen LogP contribution < -0.4 is 0 Å².